The van der Waals surface area contributed by atoms with Crippen molar-refractivity contribution >= 4 is 23.2 Å². The normalized spacial score (nSPS) is 20.0. The minimum absolute atomic E-state index is 0.187. The maximum Gasteiger partial charge on any atom is 0.256 e. The molecule has 2 aliphatic heterocycles. The molecule has 3 heterocycles. The molecule has 1 saturated heterocycles. The van der Waals surface area contributed by atoms with Gasteiger partial charge in [-0.05, 0) is 30.7 Å². The van der Waals surface area contributed by atoms with Gasteiger partial charge in [-0.15, -0.1) is 0 Å². The minimum Gasteiger partial charge on any atom is -0.495 e. The molecule has 0 bridgehead atoms. The molecule has 4 rings (SSSR count). The molecule has 0 radical (unpaired) electrons. The van der Waals surface area contributed by atoms with Crippen molar-refractivity contribution in [3.05, 3.63) is 47.0 Å². The fraction of sp³-hybridized carbons (Fsp3) is 0.286. The van der Waals surface area contributed by atoms with Crippen molar-refractivity contribution in [2.24, 2.45) is 0 Å². The number of β-amino-alcohol motifs (C(OH)–C–C–N with tert-alkyl or cyclic N) is 1. The summed E-state index contributed by atoms with van der Waals surface area (Å²) in [5.41, 5.74) is 2.12. The zero-order valence-corrected chi connectivity index (χ0v) is 15.4. The maximum atomic E-state index is 14.6. The van der Waals surface area contributed by atoms with Gasteiger partial charge in [0, 0.05) is 24.8 Å². The summed E-state index contributed by atoms with van der Waals surface area (Å²) in [6.45, 7) is 1.77. The Hall–Kier alpha value is -3.08. The Morgan fingerprint density at radius 2 is 2.29 bits per heavy atom. The van der Waals surface area contributed by atoms with Crippen LogP contribution in [0.25, 0.3) is 11.6 Å². The van der Waals surface area contributed by atoms with E-state index in [1.54, 1.807) is 25.4 Å². The van der Waals surface area contributed by atoms with Crippen molar-refractivity contribution in [2.75, 3.05) is 32.1 Å². The van der Waals surface area contributed by atoms with Crippen LogP contribution < -0.4 is 10.1 Å². The lowest BCUT2D eigenvalue weighted by atomic mass is 9.99. The average molecular weight is 381 g/mol. The van der Waals surface area contributed by atoms with Crippen molar-refractivity contribution in [1.82, 2.24) is 9.88 Å². The predicted molar refractivity (Wildman–Crippen MR) is 104 cm³/mol. The van der Waals surface area contributed by atoms with Gasteiger partial charge in [0.1, 0.15) is 11.6 Å². The second-order valence-corrected chi connectivity index (χ2v) is 6.80. The van der Waals surface area contributed by atoms with Gasteiger partial charge in [-0.1, -0.05) is 11.8 Å². The van der Waals surface area contributed by atoms with E-state index in [1.165, 1.54) is 12.1 Å². The zero-order chi connectivity index (χ0) is 19.7. The fourth-order valence-electron chi connectivity index (χ4n) is 3.52. The number of likely N-dealkylation sites (tertiary alicyclic amines) is 1. The SMILES string of the molecule is COc1cc[nH]c1/C=C1\C(=O)Nc2ccc(F)c(C#CCN3CCC(O)C3)c21. The molecule has 1 aromatic heterocycles. The molecule has 1 atom stereocenters. The van der Waals surface area contributed by atoms with Crippen molar-refractivity contribution < 1.29 is 19.0 Å². The molecule has 6 nitrogen and oxygen atoms in total. The monoisotopic (exact) mass is 381 g/mol. The first-order valence-electron chi connectivity index (χ1n) is 9.03. The highest BCUT2D eigenvalue weighted by Gasteiger charge is 2.29. The first-order valence-corrected chi connectivity index (χ1v) is 9.03. The molecule has 1 fully saturated rings. The molecule has 144 valence electrons. The number of ether oxygens (including phenoxy) is 1. The van der Waals surface area contributed by atoms with E-state index in [0.29, 0.717) is 41.4 Å². The summed E-state index contributed by atoms with van der Waals surface area (Å²) in [4.78, 5) is 17.5. The number of halogens is 1. The second-order valence-electron chi connectivity index (χ2n) is 6.80. The van der Waals surface area contributed by atoms with Gasteiger partial charge in [0.2, 0.25) is 0 Å². The summed E-state index contributed by atoms with van der Waals surface area (Å²) in [5, 5.41) is 12.4. The summed E-state index contributed by atoms with van der Waals surface area (Å²) < 4.78 is 19.8. The van der Waals surface area contributed by atoms with Crippen molar-refractivity contribution in [3.63, 3.8) is 0 Å². The summed E-state index contributed by atoms with van der Waals surface area (Å²) >= 11 is 0. The third kappa shape index (κ3) is 3.40. The number of hydrogen-bond donors (Lipinski definition) is 3. The second kappa shape index (κ2) is 7.50. The third-order valence-electron chi connectivity index (χ3n) is 4.93. The number of rotatable bonds is 3. The highest BCUT2D eigenvalue weighted by molar-refractivity contribution is 6.35. The summed E-state index contributed by atoms with van der Waals surface area (Å²) in [7, 11) is 1.54. The number of fused-ring (bicyclic) bond motifs is 1. The van der Waals surface area contributed by atoms with E-state index in [4.69, 9.17) is 4.74 Å². The Balaban J connectivity index is 1.71. The van der Waals surface area contributed by atoms with Gasteiger partial charge in [-0.3, -0.25) is 9.69 Å². The fourth-order valence-corrected chi connectivity index (χ4v) is 3.52. The van der Waals surface area contributed by atoms with E-state index in [2.05, 4.69) is 22.1 Å². The van der Waals surface area contributed by atoms with Crippen LogP contribution in [0.5, 0.6) is 5.75 Å². The van der Waals surface area contributed by atoms with Crippen LogP contribution in [0, 0.1) is 17.7 Å². The van der Waals surface area contributed by atoms with Crippen LogP contribution in [0.4, 0.5) is 10.1 Å². The number of H-pyrrole nitrogens is 1. The number of carbonyl (C=O) groups is 1. The van der Waals surface area contributed by atoms with Gasteiger partial charge < -0.3 is 20.1 Å². The van der Waals surface area contributed by atoms with Crippen molar-refractivity contribution in [1.29, 1.82) is 0 Å². The number of aromatic nitrogens is 1. The van der Waals surface area contributed by atoms with E-state index >= 15 is 0 Å². The molecule has 2 aliphatic rings. The molecule has 28 heavy (non-hydrogen) atoms. The van der Waals surface area contributed by atoms with E-state index in [-0.39, 0.29) is 17.6 Å². The smallest absolute Gasteiger partial charge is 0.256 e. The van der Waals surface area contributed by atoms with Gasteiger partial charge in [0.15, 0.2) is 0 Å². The Labute approximate surface area is 162 Å². The highest BCUT2D eigenvalue weighted by atomic mass is 19.1. The molecule has 1 amide bonds. The van der Waals surface area contributed by atoms with Gasteiger partial charge >= 0.3 is 0 Å². The number of hydrogen-bond acceptors (Lipinski definition) is 4. The van der Waals surface area contributed by atoms with Crippen LogP contribution in [-0.2, 0) is 4.79 Å². The molecule has 0 aliphatic carbocycles. The van der Waals surface area contributed by atoms with E-state index in [1.807, 2.05) is 4.90 Å². The number of nitrogens with zero attached hydrogens (tertiary/aromatic N) is 1. The highest BCUT2D eigenvalue weighted by Crippen LogP contribution is 2.37. The first-order chi connectivity index (χ1) is 13.6. The van der Waals surface area contributed by atoms with Crippen molar-refractivity contribution in [2.45, 2.75) is 12.5 Å². The van der Waals surface area contributed by atoms with Gasteiger partial charge in [-0.2, -0.15) is 0 Å². The lowest BCUT2D eigenvalue weighted by molar-refractivity contribution is -0.110. The zero-order valence-electron chi connectivity index (χ0n) is 15.4. The summed E-state index contributed by atoms with van der Waals surface area (Å²) in [6, 6.07) is 4.59. The van der Waals surface area contributed by atoms with Gasteiger partial charge in [0.25, 0.3) is 5.91 Å². The molecule has 2 aromatic rings. The topological polar surface area (TPSA) is 77.6 Å². The Kier molecular flexibility index (Phi) is 4.90. The quantitative estimate of drug-likeness (QED) is 0.562. The first kappa shape index (κ1) is 18.3. The molecule has 7 heteroatoms. The average Bonchev–Trinajstić information content (AvgIpc) is 3.37. The van der Waals surface area contributed by atoms with Crippen molar-refractivity contribution in [3.8, 4) is 17.6 Å². The largest absolute Gasteiger partial charge is 0.495 e. The number of carbonyl (C=O) groups excluding carboxylic acids is 1. The molecule has 1 aromatic carbocycles. The number of benzene rings is 1. The maximum absolute atomic E-state index is 14.6. The number of amides is 1. The molecular weight excluding hydrogens is 361 g/mol. The van der Waals surface area contributed by atoms with Crippen LogP contribution >= 0.6 is 0 Å². The van der Waals surface area contributed by atoms with Crippen LogP contribution in [0.3, 0.4) is 0 Å². The predicted octanol–water partition coefficient (Wildman–Crippen LogP) is 2.07. The lowest BCUT2D eigenvalue weighted by Crippen LogP contribution is -2.22. The van der Waals surface area contributed by atoms with E-state index in [9.17, 15) is 14.3 Å². The van der Waals surface area contributed by atoms with E-state index < -0.39 is 5.82 Å². The van der Waals surface area contributed by atoms with Crippen LogP contribution in [-0.4, -0.2) is 53.7 Å². The van der Waals surface area contributed by atoms with Gasteiger partial charge in [-0.25, -0.2) is 4.39 Å². The molecule has 0 saturated carbocycles. The Morgan fingerprint density at radius 1 is 1.43 bits per heavy atom. The third-order valence-corrected chi connectivity index (χ3v) is 4.93. The molecule has 1 unspecified atom stereocenters. The minimum atomic E-state index is -0.478. The molecule has 0 spiro atoms. The van der Waals surface area contributed by atoms with Crippen LogP contribution in [0.2, 0.25) is 0 Å². The van der Waals surface area contributed by atoms with Crippen LogP contribution in [0.1, 0.15) is 23.2 Å². The Morgan fingerprint density at radius 3 is 3.04 bits per heavy atom. The number of aliphatic hydroxyl groups is 1. The van der Waals surface area contributed by atoms with E-state index in [0.717, 1.165) is 13.0 Å². The number of methoxy groups -OCH3 is 1. The Bertz CT molecular complexity index is 1020. The number of aromatic amines is 1. The summed E-state index contributed by atoms with van der Waals surface area (Å²) in [5.74, 6) is 5.66. The van der Waals surface area contributed by atoms with Gasteiger partial charge in [0.05, 0.1) is 42.3 Å². The number of anilines is 1. The molecular formula is C21H20FN3O3. The standard InChI is InChI=1S/C21H20FN3O3/c1-28-19-6-8-23-18(19)11-15-20-14(3-2-9-25-10-7-13(26)12-25)16(22)4-5-17(20)24-21(15)27/h4-6,8,11,13,23,26H,7,9-10,12H2,1H3,(H,24,27)/b15-11-. The molecule has 3 N–H and O–H groups in total. The van der Waals surface area contributed by atoms with Crippen LogP contribution in [0.15, 0.2) is 24.4 Å². The summed E-state index contributed by atoms with van der Waals surface area (Å²) in [6.07, 6.45) is 3.74. The number of nitrogens with one attached hydrogen (secondary N) is 2. The lowest BCUT2D eigenvalue weighted by Gasteiger charge is -2.09. The number of aliphatic hydroxyl groups excluding tert-OH is 1.